The first-order valence-corrected chi connectivity index (χ1v) is 7.57. The molecule has 132 valence electrons. The Bertz CT molecular complexity index is 725. The van der Waals surface area contributed by atoms with Crippen molar-refractivity contribution in [3.8, 4) is 17.2 Å². The Morgan fingerprint density at radius 1 is 1.00 bits per heavy atom. The van der Waals surface area contributed by atoms with E-state index in [2.05, 4.69) is 0 Å². The number of halogens is 1. The van der Waals surface area contributed by atoms with Gasteiger partial charge in [-0.2, -0.15) is 0 Å². The fourth-order valence-electron chi connectivity index (χ4n) is 1.99. The van der Waals surface area contributed by atoms with Gasteiger partial charge in [-0.25, -0.2) is 9.18 Å². The molecule has 2 aromatic rings. The van der Waals surface area contributed by atoms with Crippen LogP contribution in [0.3, 0.4) is 0 Å². The van der Waals surface area contributed by atoms with E-state index in [-0.39, 0.29) is 19.0 Å². The van der Waals surface area contributed by atoms with Gasteiger partial charge in [0, 0.05) is 17.7 Å². The minimum absolute atomic E-state index is 0.0836. The van der Waals surface area contributed by atoms with Crippen molar-refractivity contribution in [2.45, 2.75) is 0 Å². The maximum absolute atomic E-state index is 12.8. The average molecular weight is 346 g/mol. The first-order chi connectivity index (χ1) is 12.1. The van der Waals surface area contributed by atoms with Gasteiger partial charge >= 0.3 is 5.97 Å². The van der Waals surface area contributed by atoms with Crippen LogP contribution in [-0.4, -0.2) is 33.4 Å². The van der Waals surface area contributed by atoms with E-state index in [1.54, 1.807) is 31.4 Å². The third-order valence-corrected chi connectivity index (χ3v) is 3.25. The van der Waals surface area contributed by atoms with Crippen molar-refractivity contribution in [1.82, 2.24) is 0 Å². The molecule has 0 aliphatic carbocycles. The zero-order chi connectivity index (χ0) is 18.1. The van der Waals surface area contributed by atoms with E-state index in [1.165, 1.54) is 37.5 Å². The lowest BCUT2D eigenvalue weighted by Crippen LogP contribution is -2.10. The van der Waals surface area contributed by atoms with E-state index in [1.807, 2.05) is 0 Å². The van der Waals surface area contributed by atoms with Gasteiger partial charge in [0.05, 0.1) is 14.2 Å². The molecule has 5 nitrogen and oxygen atoms in total. The molecule has 0 aliphatic heterocycles. The van der Waals surface area contributed by atoms with Crippen molar-refractivity contribution < 1.29 is 28.1 Å². The van der Waals surface area contributed by atoms with Crippen LogP contribution >= 0.6 is 0 Å². The lowest BCUT2D eigenvalue weighted by atomic mass is 10.2. The van der Waals surface area contributed by atoms with Crippen molar-refractivity contribution >= 4 is 12.0 Å². The molecule has 0 unspecified atom stereocenters. The van der Waals surface area contributed by atoms with Crippen LogP contribution in [-0.2, 0) is 9.53 Å². The van der Waals surface area contributed by atoms with E-state index < -0.39 is 5.97 Å². The molecule has 0 saturated carbocycles. The molecule has 0 aromatic heterocycles. The Kier molecular flexibility index (Phi) is 6.83. The standard InChI is InChI=1S/C19H19FO5/c1-22-17-7-3-14(18(13-17)23-2)4-10-19(21)25-12-11-24-16-8-5-15(20)6-9-16/h3-10,13H,11-12H2,1-2H3/b10-4+. The van der Waals surface area contributed by atoms with Crippen LogP contribution in [0.4, 0.5) is 4.39 Å². The van der Waals surface area contributed by atoms with Crippen LogP contribution in [0, 0.1) is 5.82 Å². The molecule has 6 heteroatoms. The molecule has 0 heterocycles. The summed E-state index contributed by atoms with van der Waals surface area (Å²) < 4.78 is 33.5. The number of benzene rings is 2. The second-order valence-electron chi connectivity index (χ2n) is 4.91. The molecule has 2 rings (SSSR count). The van der Waals surface area contributed by atoms with Crippen molar-refractivity contribution in [1.29, 1.82) is 0 Å². The van der Waals surface area contributed by atoms with Gasteiger partial charge < -0.3 is 18.9 Å². The van der Waals surface area contributed by atoms with Gasteiger partial charge in [-0.15, -0.1) is 0 Å². The van der Waals surface area contributed by atoms with Gasteiger partial charge in [0.1, 0.15) is 36.3 Å². The van der Waals surface area contributed by atoms with Crippen LogP contribution < -0.4 is 14.2 Å². The minimum Gasteiger partial charge on any atom is -0.497 e. The van der Waals surface area contributed by atoms with Crippen molar-refractivity contribution in [2.24, 2.45) is 0 Å². The molecule has 0 aliphatic rings. The lowest BCUT2D eigenvalue weighted by Gasteiger charge is -2.07. The van der Waals surface area contributed by atoms with Gasteiger partial charge in [-0.3, -0.25) is 0 Å². The Morgan fingerprint density at radius 3 is 2.40 bits per heavy atom. The Morgan fingerprint density at radius 2 is 1.72 bits per heavy atom. The van der Waals surface area contributed by atoms with Crippen LogP contribution in [0.1, 0.15) is 5.56 Å². The number of esters is 1. The monoisotopic (exact) mass is 346 g/mol. The molecule has 2 aromatic carbocycles. The smallest absolute Gasteiger partial charge is 0.330 e. The maximum Gasteiger partial charge on any atom is 0.330 e. The summed E-state index contributed by atoms with van der Waals surface area (Å²) >= 11 is 0. The molecule has 0 atom stereocenters. The van der Waals surface area contributed by atoms with Gasteiger partial charge in [-0.05, 0) is 42.5 Å². The summed E-state index contributed by atoms with van der Waals surface area (Å²) in [7, 11) is 3.10. The van der Waals surface area contributed by atoms with E-state index >= 15 is 0 Å². The number of rotatable bonds is 8. The number of ether oxygens (including phenoxy) is 4. The highest BCUT2D eigenvalue weighted by Gasteiger charge is 2.04. The predicted molar refractivity (Wildman–Crippen MR) is 91.4 cm³/mol. The molecule has 0 radical (unpaired) electrons. The highest BCUT2D eigenvalue weighted by atomic mass is 19.1. The SMILES string of the molecule is COc1ccc(/C=C/C(=O)OCCOc2ccc(F)cc2)c(OC)c1. The van der Waals surface area contributed by atoms with Gasteiger partial charge in [-0.1, -0.05) is 0 Å². The van der Waals surface area contributed by atoms with Crippen molar-refractivity contribution in [2.75, 3.05) is 27.4 Å². The second-order valence-corrected chi connectivity index (χ2v) is 4.91. The summed E-state index contributed by atoms with van der Waals surface area (Å²) in [6.45, 7) is 0.261. The number of carbonyl (C=O) groups excluding carboxylic acids is 1. The number of hydrogen-bond donors (Lipinski definition) is 0. The lowest BCUT2D eigenvalue weighted by molar-refractivity contribution is -0.138. The van der Waals surface area contributed by atoms with E-state index in [9.17, 15) is 9.18 Å². The van der Waals surface area contributed by atoms with Gasteiger partial charge in [0.15, 0.2) is 0 Å². The van der Waals surface area contributed by atoms with Crippen LogP contribution in [0.25, 0.3) is 6.08 Å². The van der Waals surface area contributed by atoms with E-state index in [4.69, 9.17) is 18.9 Å². The Balaban J connectivity index is 1.79. The number of methoxy groups -OCH3 is 2. The molecular formula is C19H19FO5. The molecular weight excluding hydrogens is 327 g/mol. The average Bonchev–Trinajstić information content (AvgIpc) is 2.64. The van der Waals surface area contributed by atoms with Gasteiger partial charge in [0.25, 0.3) is 0 Å². The Hall–Kier alpha value is -3.02. The zero-order valence-corrected chi connectivity index (χ0v) is 14.0. The van der Waals surface area contributed by atoms with Crippen LogP contribution in [0.15, 0.2) is 48.5 Å². The summed E-state index contributed by atoms with van der Waals surface area (Å²) in [5.74, 6) is 0.923. The molecule has 0 bridgehead atoms. The summed E-state index contributed by atoms with van der Waals surface area (Å²) in [6, 6.07) is 10.9. The summed E-state index contributed by atoms with van der Waals surface area (Å²) in [5.41, 5.74) is 0.725. The third-order valence-electron chi connectivity index (χ3n) is 3.25. The summed E-state index contributed by atoms with van der Waals surface area (Å²) in [5, 5.41) is 0. The maximum atomic E-state index is 12.8. The number of hydrogen-bond acceptors (Lipinski definition) is 5. The zero-order valence-electron chi connectivity index (χ0n) is 14.0. The van der Waals surface area contributed by atoms with Crippen LogP contribution in [0.2, 0.25) is 0 Å². The highest BCUT2D eigenvalue weighted by molar-refractivity contribution is 5.87. The highest BCUT2D eigenvalue weighted by Crippen LogP contribution is 2.25. The molecule has 0 N–H and O–H groups in total. The molecule has 0 spiro atoms. The quantitative estimate of drug-likeness (QED) is 0.416. The van der Waals surface area contributed by atoms with Crippen LogP contribution in [0.5, 0.6) is 17.2 Å². The molecule has 0 amide bonds. The third kappa shape index (κ3) is 5.84. The fourth-order valence-corrected chi connectivity index (χ4v) is 1.99. The number of carbonyl (C=O) groups is 1. The largest absolute Gasteiger partial charge is 0.497 e. The Labute approximate surface area is 145 Å². The van der Waals surface area contributed by atoms with Gasteiger partial charge in [0.2, 0.25) is 0 Å². The summed E-state index contributed by atoms with van der Waals surface area (Å²) in [4.78, 5) is 11.7. The topological polar surface area (TPSA) is 54.0 Å². The molecule has 0 fully saturated rings. The minimum atomic E-state index is -0.499. The molecule has 25 heavy (non-hydrogen) atoms. The van der Waals surface area contributed by atoms with E-state index in [0.717, 1.165) is 5.56 Å². The normalized spacial score (nSPS) is 10.5. The first kappa shape index (κ1) is 18.3. The molecule has 0 saturated heterocycles. The first-order valence-electron chi connectivity index (χ1n) is 7.57. The van der Waals surface area contributed by atoms with Crippen molar-refractivity contribution in [3.05, 3.63) is 59.9 Å². The second kappa shape index (κ2) is 9.32. The fraction of sp³-hybridized carbons (Fsp3) is 0.211. The van der Waals surface area contributed by atoms with E-state index in [0.29, 0.717) is 17.2 Å². The summed E-state index contributed by atoms with van der Waals surface area (Å²) in [6.07, 6.45) is 2.91. The predicted octanol–water partition coefficient (Wildman–Crippen LogP) is 3.48. The van der Waals surface area contributed by atoms with Crippen molar-refractivity contribution in [3.63, 3.8) is 0 Å².